The lowest BCUT2D eigenvalue weighted by atomic mass is 9.98. The van der Waals surface area contributed by atoms with Gasteiger partial charge in [-0.2, -0.15) is 0 Å². The predicted octanol–water partition coefficient (Wildman–Crippen LogP) is 16.7. The highest BCUT2D eigenvalue weighted by molar-refractivity contribution is 6.11. The second kappa shape index (κ2) is 14.8. The molecule has 0 aliphatic rings. The van der Waals surface area contributed by atoms with Crippen LogP contribution in [-0.2, 0) is 0 Å². The van der Waals surface area contributed by atoms with Crippen molar-refractivity contribution in [1.82, 2.24) is 4.57 Å². The Hall–Kier alpha value is -8.20. The third-order valence-corrected chi connectivity index (χ3v) is 12.6. The van der Waals surface area contributed by atoms with E-state index in [0.717, 1.165) is 17.1 Å². The molecule has 0 aliphatic carbocycles. The van der Waals surface area contributed by atoms with Crippen LogP contribution in [0.25, 0.3) is 93.2 Å². The number of aromatic nitrogens is 1. The topological polar surface area (TPSA) is 8.17 Å². The van der Waals surface area contributed by atoms with Crippen molar-refractivity contribution in [1.29, 1.82) is 0 Å². The summed E-state index contributed by atoms with van der Waals surface area (Å²) in [5.74, 6) is 0. The lowest BCUT2D eigenvalue weighted by Gasteiger charge is -2.26. The summed E-state index contributed by atoms with van der Waals surface area (Å²) in [7, 11) is 0. The summed E-state index contributed by atoms with van der Waals surface area (Å²) < 4.78 is 2.40. The van der Waals surface area contributed by atoms with Gasteiger partial charge in [-0.3, -0.25) is 0 Å². The Labute approximate surface area is 360 Å². The first-order valence-corrected chi connectivity index (χ1v) is 21.3. The zero-order chi connectivity index (χ0) is 41.0. The quantitative estimate of drug-likeness (QED) is 0.156. The van der Waals surface area contributed by atoms with Crippen LogP contribution >= 0.6 is 0 Å². The van der Waals surface area contributed by atoms with Crippen LogP contribution < -0.4 is 4.90 Å². The van der Waals surface area contributed by atoms with Crippen LogP contribution in [0.2, 0.25) is 0 Å². The molecule has 0 saturated carbocycles. The Morgan fingerprint density at radius 1 is 0.258 bits per heavy atom. The first-order valence-electron chi connectivity index (χ1n) is 21.3. The van der Waals surface area contributed by atoms with E-state index in [9.17, 15) is 0 Å². The van der Waals surface area contributed by atoms with Gasteiger partial charge in [0, 0.05) is 33.5 Å². The van der Waals surface area contributed by atoms with E-state index in [-0.39, 0.29) is 0 Å². The van der Waals surface area contributed by atoms with Crippen molar-refractivity contribution in [3.63, 3.8) is 0 Å². The third-order valence-electron chi connectivity index (χ3n) is 12.6. The Bertz CT molecular complexity index is 3610. The zero-order valence-electron chi connectivity index (χ0n) is 34.0. The first-order chi connectivity index (χ1) is 30.7. The maximum atomic E-state index is 2.40. The molecule has 1 heterocycles. The molecule has 0 unspecified atom stereocenters. The van der Waals surface area contributed by atoms with Crippen LogP contribution in [0.5, 0.6) is 0 Å². The van der Waals surface area contributed by atoms with Crippen LogP contribution in [0, 0.1) is 0 Å². The number of fused-ring (bicyclic) bond motifs is 6. The fourth-order valence-electron chi connectivity index (χ4n) is 9.44. The predicted molar refractivity (Wildman–Crippen MR) is 264 cm³/mol. The maximum Gasteiger partial charge on any atom is 0.0541 e. The molecular weight excluding hydrogens is 749 g/mol. The Morgan fingerprint density at radius 2 is 0.726 bits per heavy atom. The number of anilines is 3. The SMILES string of the molecule is c1ccc2cc(-c3ccc(N(c4ccc(-c5ccc6c(c5)c5ccccc5n6-c5ccc6ccccc6c5)cc4)c4ccc(-c5cccc6ccccc56)cc4)cc3)ccc2c1. The summed E-state index contributed by atoms with van der Waals surface area (Å²) in [5, 5.41) is 9.99. The average Bonchev–Trinajstić information content (AvgIpc) is 3.68. The molecule has 0 spiro atoms. The minimum absolute atomic E-state index is 1.10. The van der Waals surface area contributed by atoms with E-state index in [2.05, 4.69) is 252 Å². The highest BCUT2D eigenvalue weighted by Crippen LogP contribution is 2.40. The van der Waals surface area contributed by atoms with E-state index in [0.29, 0.717) is 0 Å². The van der Waals surface area contributed by atoms with E-state index in [4.69, 9.17) is 0 Å². The molecule has 0 saturated heterocycles. The summed E-state index contributed by atoms with van der Waals surface area (Å²) in [6.45, 7) is 0. The third kappa shape index (κ3) is 6.20. The molecular formula is C60H40N2. The van der Waals surface area contributed by atoms with Crippen LogP contribution in [0.3, 0.4) is 0 Å². The second-order valence-electron chi connectivity index (χ2n) is 16.2. The van der Waals surface area contributed by atoms with Crippen molar-refractivity contribution in [2.45, 2.75) is 0 Å². The van der Waals surface area contributed by atoms with E-state index >= 15 is 0 Å². The van der Waals surface area contributed by atoms with Crippen LogP contribution in [0.4, 0.5) is 17.1 Å². The van der Waals surface area contributed by atoms with Gasteiger partial charge in [0.05, 0.1) is 11.0 Å². The highest BCUT2D eigenvalue weighted by Gasteiger charge is 2.17. The molecule has 0 N–H and O–H groups in total. The zero-order valence-corrected chi connectivity index (χ0v) is 34.0. The first kappa shape index (κ1) is 35.7. The molecule has 0 amide bonds. The molecule has 0 atom stereocenters. The molecule has 11 aromatic carbocycles. The van der Waals surface area contributed by atoms with Gasteiger partial charge in [-0.1, -0.05) is 170 Å². The van der Waals surface area contributed by atoms with E-state index in [1.54, 1.807) is 0 Å². The fraction of sp³-hybridized carbons (Fsp3) is 0. The summed E-state index contributed by atoms with van der Waals surface area (Å²) in [5.41, 5.74) is 14.1. The minimum atomic E-state index is 1.10. The molecule has 0 aliphatic heterocycles. The molecule has 0 fully saturated rings. The van der Waals surface area contributed by atoms with Crippen LogP contribution in [0.15, 0.2) is 243 Å². The van der Waals surface area contributed by atoms with Gasteiger partial charge in [-0.25, -0.2) is 0 Å². The Morgan fingerprint density at radius 3 is 1.40 bits per heavy atom. The molecule has 12 rings (SSSR count). The largest absolute Gasteiger partial charge is 0.311 e. The van der Waals surface area contributed by atoms with Gasteiger partial charge >= 0.3 is 0 Å². The monoisotopic (exact) mass is 788 g/mol. The second-order valence-corrected chi connectivity index (χ2v) is 16.2. The number of para-hydroxylation sites is 1. The Balaban J connectivity index is 0.926. The van der Waals surface area contributed by atoms with Crippen molar-refractivity contribution in [2.75, 3.05) is 4.90 Å². The minimum Gasteiger partial charge on any atom is -0.311 e. The van der Waals surface area contributed by atoms with E-state index in [1.165, 1.54) is 93.2 Å². The summed E-state index contributed by atoms with van der Waals surface area (Å²) in [6.07, 6.45) is 0. The van der Waals surface area contributed by atoms with E-state index in [1.807, 2.05) is 0 Å². The smallest absolute Gasteiger partial charge is 0.0541 e. The number of hydrogen-bond donors (Lipinski definition) is 0. The fourth-order valence-corrected chi connectivity index (χ4v) is 9.44. The average molecular weight is 789 g/mol. The normalized spacial score (nSPS) is 11.5. The summed E-state index contributed by atoms with van der Waals surface area (Å²) in [4.78, 5) is 2.36. The van der Waals surface area contributed by atoms with Crippen molar-refractivity contribution >= 4 is 71.2 Å². The molecule has 2 heteroatoms. The van der Waals surface area contributed by atoms with Crippen molar-refractivity contribution in [2.24, 2.45) is 0 Å². The number of benzene rings is 11. The van der Waals surface area contributed by atoms with Gasteiger partial charge in [-0.15, -0.1) is 0 Å². The maximum absolute atomic E-state index is 2.40. The highest BCUT2D eigenvalue weighted by atomic mass is 15.1. The van der Waals surface area contributed by atoms with Gasteiger partial charge in [0.1, 0.15) is 0 Å². The van der Waals surface area contributed by atoms with Crippen molar-refractivity contribution < 1.29 is 0 Å². The van der Waals surface area contributed by atoms with Gasteiger partial charge in [0.25, 0.3) is 0 Å². The van der Waals surface area contributed by atoms with Gasteiger partial charge in [-0.05, 0) is 138 Å². The molecule has 1 aromatic heterocycles. The van der Waals surface area contributed by atoms with Crippen LogP contribution in [0.1, 0.15) is 0 Å². The molecule has 62 heavy (non-hydrogen) atoms. The lowest BCUT2D eigenvalue weighted by molar-refractivity contribution is 1.19. The van der Waals surface area contributed by atoms with Gasteiger partial charge < -0.3 is 9.47 Å². The molecule has 290 valence electrons. The standard InChI is InChI=1S/C60H40N2/c1-3-13-47-38-49(21-20-41(47)10-1)43-22-30-51(31-23-43)61(53-34-27-46(28-35-53)56-18-9-15-45-12-5-6-16-55(45)56)52-32-24-44(25-33-52)50-29-37-60-58(40-50)57-17-7-8-19-59(57)62(60)54-36-26-42-11-2-4-14-48(42)39-54/h1-40H. The number of hydrogen-bond acceptors (Lipinski definition) is 1. The molecule has 0 radical (unpaired) electrons. The molecule has 12 aromatic rings. The summed E-state index contributed by atoms with van der Waals surface area (Å²) in [6, 6.07) is 88.5. The number of rotatable bonds is 7. The van der Waals surface area contributed by atoms with Gasteiger partial charge in [0.2, 0.25) is 0 Å². The van der Waals surface area contributed by atoms with Crippen LogP contribution in [-0.4, -0.2) is 4.57 Å². The lowest BCUT2D eigenvalue weighted by Crippen LogP contribution is -2.09. The van der Waals surface area contributed by atoms with E-state index < -0.39 is 0 Å². The molecule has 0 bridgehead atoms. The Kier molecular flexibility index (Phi) is 8.53. The molecule has 2 nitrogen and oxygen atoms in total. The number of nitrogens with zero attached hydrogens (tertiary/aromatic N) is 2. The van der Waals surface area contributed by atoms with Crippen molar-refractivity contribution in [3.05, 3.63) is 243 Å². The van der Waals surface area contributed by atoms with Gasteiger partial charge in [0.15, 0.2) is 0 Å². The summed E-state index contributed by atoms with van der Waals surface area (Å²) >= 11 is 0. The van der Waals surface area contributed by atoms with Crippen molar-refractivity contribution in [3.8, 4) is 39.1 Å².